The number of hydrogen-bond donors (Lipinski definition) is 0. The van der Waals surface area contributed by atoms with Crippen LogP contribution in [0.4, 0.5) is 0 Å². The molecule has 0 saturated carbocycles. The van der Waals surface area contributed by atoms with Gasteiger partial charge < -0.3 is 4.90 Å². The maximum atomic E-state index is 13.1. The summed E-state index contributed by atoms with van der Waals surface area (Å²) in [5, 5.41) is 0.728. The summed E-state index contributed by atoms with van der Waals surface area (Å²) < 4.78 is 0. The quantitative estimate of drug-likeness (QED) is 0.595. The van der Waals surface area contributed by atoms with Gasteiger partial charge in [-0.2, -0.15) is 0 Å². The molecule has 3 aromatic carbocycles. The molecule has 1 saturated heterocycles. The standard InChI is InChI=1S/C26H22ClN3O2/c27-20-10-8-18(9-11-20)21-5-2-1-4-19(21)17-29-12-14-30(15-13-29)26(32)23-7-3-6-22-24(23)16-28-25(22)31/h1-11,16H,12-15,17H2. The largest absolute Gasteiger partial charge is 0.336 e. The summed E-state index contributed by atoms with van der Waals surface area (Å²) >= 11 is 6.05. The topological polar surface area (TPSA) is 53.0 Å². The normalized spacial score (nSPS) is 15.8. The highest BCUT2D eigenvalue weighted by Crippen LogP contribution is 2.27. The molecule has 32 heavy (non-hydrogen) atoms. The number of halogens is 1. The van der Waals surface area contributed by atoms with Gasteiger partial charge in [0.2, 0.25) is 0 Å². The van der Waals surface area contributed by atoms with Gasteiger partial charge in [0.1, 0.15) is 0 Å². The van der Waals surface area contributed by atoms with Crippen molar-refractivity contribution in [2.24, 2.45) is 4.99 Å². The number of benzene rings is 3. The predicted molar refractivity (Wildman–Crippen MR) is 126 cm³/mol. The smallest absolute Gasteiger partial charge is 0.277 e. The monoisotopic (exact) mass is 443 g/mol. The molecule has 2 heterocycles. The highest BCUT2D eigenvalue weighted by molar-refractivity contribution is 6.30. The van der Waals surface area contributed by atoms with Gasteiger partial charge in [-0.15, -0.1) is 0 Å². The van der Waals surface area contributed by atoms with Crippen molar-refractivity contribution < 1.29 is 9.59 Å². The van der Waals surface area contributed by atoms with Gasteiger partial charge in [0.05, 0.1) is 5.56 Å². The van der Waals surface area contributed by atoms with Crippen LogP contribution in [0.1, 0.15) is 31.8 Å². The van der Waals surface area contributed by atoms with E-state index in [0.717, 1.165) is 30.2 Å². The molecule has 0 atom stereocenters. The summed E-state index contributed by atoms with van der Waals surface area (Å²) in [6.45, 7) is 3.71. The number of amides is 2. The van der Waals surface area contributed by atoms with Crippen LogP contribution in [0, 0.1) is 0 Å². The molecule has 0 spiro atoms. The van der Waals surface area contributed by atoms with Crippen molar-refractivity contribution in [1.82, 2.24) is 9.80 Å². The first-order valence-corrected chi connectivity index (χ1v) is 11.0. The average molecular weight is 444 g/mol. The molecule has 160 valence electrons. The van der Waals surface area contributed by atoms with Crippen molar-refractivity contribution in [2.45, 2.75) is 6.54 Å². The van der Waals surface area contributed by atoms with E-state index < -0.39 is 0 Å². The Bertz CT molecular complexity index is 1210. The molecule has 0 bridgehead atoms. The number of aliphatic imine (C=N–C) groups is 1. The van der Waals surface area contributed by atoms with Crippen LogP contribution in [0.5, 0.6) is 0 Å². The summed E-state index contributed by atoms with van der Waals surface area (Å²) in [6.07, 6.45) is 1.51. The Morgan fingerprint density at radius 2 is 1.59 bits per heavy atom. The summed E-state index contributed by atoms with van der Waals surface area (Å²) in [4.78, 5) is 33.0. The maximum Gasteiger partial charge on any atom is 0.277 e. The van der Waals surface area contributed by atoms with Crippen molar-refractivity contribution in [1.29, 1.82) is 0 Å². The maximum absolute atomic E-state index is 13.1. The third-order valence-electron chi connectivity index (χ3n) is 6.10. The van der Waals surface area contributed by atoms with E-state index in [1.807, 2.05) is 29.2 Å². The van der Waals surface area contributed by atoms with Crippen LogP contribution in [-0.4, -0.2) is 54.0 Å². The molecular formula is C26H22ClN3O2. The first kappa shape index (κ1) is 20.6. The van der Waals surface area contributed by atoms with Crippen molar-refractivity contribution in [3.8, 4) is 11.1 Å². The Morgan fingerprint density at radius 3 is 2.38 bits per heavy atom. The summed E-state index contributed by atoms with van der Waals surface area (Å²) in [6, 6.07) is 21.6. The van der Waals surface area contributed by atoms with Crippen LogP contribution < -0.4 is 0 Å². The molecule has 5 rings (SSSR count). The number of hydrogen-bond acceptors (Lipinski definition) is 3. The van der Waals surface area contributed by atoms with Crippen LogP contribution in [-0.2, 0) is 6.54 Å². The van der Waals surface area contributed by atoms with E-state index >= 15 is 0 Å². The molecule has 0 unspecified atom stereocenters. The molecule has 1 fully saturated rings. The van der Waals surface area contributed by atoms with Gasteiger partial charge in [0, 0.05) is 55.1 Å². The fraction of sp³-hybridized carbons (Fsp3) is 0.192. The minimum atomic E-state index is -0.279. The highest BCUT2D eigenvalue weighted by atomic mass is 35.5. The third-order valence-corrected chi connectivity index (χ3v) is 6.36. The Hall–Kier alpha value is -3.28. The molecule has 0 aromatic heterocycles. The van der Waals surface area contributed by atoms with Crippen molar-refractivity contribution in [3.05, 3.63) is 94.0 Å². The van der Waals surface area contributed by atoms with E-state index in [9.17, 15) is 9.59 Å². The molecule has 3 aromatic rings. The second-order valence-corrected chi connectivity index (χ2v) is 8.50. The second kappa shape index (κ2) is 8.69. The zero-order chi connectivity index (χ0) is 22.1. The molecule has 6 heteroatoms. The molecular weight excluding hydrogens is 422 g/mol. The van der Waals surface area contributed by atoms with Gasteiger partial charge in [-0.05, 0) is 41.0 Å². The molecule has 5 nitrogen and oxygen atoms in total. The number of nitrogens with zero attached hydrogens (tertiary/aromatic N) is 3. The molecule has 0 aliphatic carbocycles. The third kappa shape index (κ3) is 3.97. The summed E-state index contributed by atoms with van der Waals surface area (Å²) in [7, 11) is 0. The number of carbonyl (C=O) groups is 2. The first-order chi connectivity index (χ1) is 15.6. The van der Waals surface area contributed by atoms with Gasteiger partial charge in [-0.3, -0.25) is 14.5 Å². The lowest BCUT2D eigenvalue weighted by Crippen LogP contribution is -2.48. The van der Waals surface area contributed by atoms with Crippen molar-refractivity contribution in [2.75, 3.05) is 26.2 Å². The second-order valence-electron chi connectivity index (χ2n) is 8.06. The minimum Gasteiger partial charge on any atom is -0.336 e. The van der Waals surface area contributed by atoms with E-state index in [1.54, 1.807) is 18.2 Å². The van der Waals surface area contributed by atoms with Crippen LogP contribution in [0.2, 0.25) is 5.02 Å². The summed E-state index contributed by atoms with van der Waals surface area (Å²) in [5.41, 5.74) is 5.30. The average Bonchev–Trinajstić information content (AvgIpc) is 3.21. The van der Waals surface area contributed by atoms with Crippen LogP contribution in [0.25, 0.3) is 11.1 Å². The van der Waals surface area contributed by atoms with Crippen molar-refractivity contribution in [3.63, 3.8) is 0 Å². The number of carbonyl (C=O) groups excluding carboxylic acids is 2. The van der Waals surface area contributed by atoms with Crippen LogP contribution in [0.3, 0.4) is 0 Å². The molecule has 0 radical (unpaired) electrons. The SMILES string of the molecule is O=C1N=Cc2c1cccc2C(=O)N1CCN(Cc2ccccc2-c2ccc(Cl)cc2)CC1. The van der Waals surface area contributed by atoms with E-state index in [4.69, 9.17) is 11.6 Å². The van der Waals surface area contributed by atoms with Gasteiger partial charge in [-0.1, -0.05) is 54.1 Å². The Morgan fingerprint density at radius 1 is 0.875 bits per heavy atom. The zero-order valence-electron chi connectivity index (χ0n) is 17.5. The van der Waals surface area contributed by atoms with Gasteiger partial charge in [0.15, 0.2) is 0 Å². The number of rotatable bonds is 4. The Kier molecular flexibility index (Phi) is 5.60. The van der Waals surface area contributed by atoms with E-state index in [-0.39, 0.29) is 11.8 Å². The summed E-state index contributed by atoms with van der Waals surface area (Å²) in [5.74, 6) is -0.317. The fourth-order valence-corrected chi connectivity index (χ4v) is 4.49. The van der Waals surface area contributed by atoms with Crippen molar-refractivity contribution >= 4 is 29.6 Å². The first-order valence-electron chi connectivity index (χ1n) is 10.7. The van der Waals surface area contributed by atoms with Gasteiger partial charge in [0.25, 0.3) is 11.8 Å². The minimum absolute atomic E-state index is 0.0378. The van der Waals surface area contributed by atoms with Gasteiger partial charge >= 0.3 is 0 Å². The van der Waals surface area contributed by atoms with Gasteiger partial charge in [-0.25, -0.2) is 4.99 Å². The zero-order valence-corrected chi connectivity index (χ0v) is 18.3. The van der Waals surface area contributed by atoms with E-state index in [0.29, 0.717) is 29.8 Å². The molecule has 2 aliphatic heterocycles. The Balaban J connectivity index is 1.27. The molecule has 0 N–H and O–H groups in total. The predicted octanol–water partition coefficient (Wildman–Crippen LogP) is 4.54. The molecule has 2 amide bonds. The van der Waals surface area contributed by atoms with Crippen LogP contribution >= 0.6 is 11.6 Å². The van der Waals surface area contributed by atoms with E-state index in [1.165, 1.54) is 17.3 Å². The lowest BCUT2D eigenvalue weighted by Gasteiger charge is -2.35. The lowest BCUT2D eigenvalue weighted by atomic mass is 9.99. The highest BCUT2D eigenvalue weighted by Gasteiger charge is 2.27. The fourth-order valence-electron chi connectivity index (χ4n) is 4.36. The Labute approximate surface area is 191 Å². The lowest BCUT2D eigenvalue weighted by molar-refractivity contribution is 0.0628. The molecule has 2 aliphatic rings. The number of fused-ring (bicyclic) bond motifs is 1. The van der Waals surface area contributed by atoms with E-state index in [2.05, 4.69) is 34.2 Å². The van der Waals surface area contributed by atoms with Crippen LogP contribution in [0.15, 0.2) is 71.7 Å². The number of piperazine rings is 1.